The summed E-state index contributed by atoms with van der Waals surface area (Å²) in [5.74, 6) is -2.99. The summed E-state index contributed by atoms with van der Waals surface area (Å²) in [6.45, 7) is 10.9. The van der Waals surface area contributed by atoms with Crippen LogP contribution in [0.4, 0.5) is 0 Å². The van der Waals surface area contributed by atoms with Gasteiger partial charge in [0, 0.05) is 149 Å². The van der Waals surface area contributed by atoms with Gasteiger partial charge in [0.05, 0.1) is 112 Å². The molecule has 0 aromatic carbocycles. The van der Waals surface area contributed by atoms with Crippen molar-refractivity contribution in [2.75, 3.05) is 55.4 Å². The van der Waals surface area contributed by atoms with Gasteiger partial charge in [0.2, 0.25) is 0 Å². The Morgan fingerprint density at radius 1 is 0.360 bits per heavy atom. The number of hydrogen-bond donors (Lipinski definition) is 6. The summed E-state index contributed by atoms with van der Waals surface area (Å²) in [6.07, 6.45) is 34.7. The minimum Gasteiger partial charge on any atom is -0.477 e. The highest BCUT2D eigenvalue weighted by atomic mass is 16.4. The number of aromatic nitrogens is 18. The first-order valence-electron chi connectivity index (χ1n) is 46.9. The standard InChI is InChI=1S/C22H21N5O.C19H19N5O2.C19H17N5O.C18H17N5O2.C18H15N5O.C16H13N3O3/c1-16-6-5-7-18(25-16)12-20(22(28)26-10-3-2-4-11-26)17-8-9-21-24-14-19(13-23)27(21)15-17;1-12-5-4-6-14(22-12)9-15(19(26)23(2)3)13-7-8-17-21-10-16(18(20)25)24(17)11-13;1-13-5-4-6-15(22-13)9-17(19(25)23(2)3)14-7-8-18-21-11-16(10-20)24(18)12-14;1-11-4-3-5-13(22-11)8-14(18(25)20-2)12-6-7-16-21-9-15(17(19)24)23(16)10-12;1-12-4-3-5-14(22-12)8-16(18(24)20-2)13-6-7-17-21-10-15(9-19)23(17)11-13;20-10-13-3-1-2-12(18-13)6-4-11-5-7-15-17-8-14(16(21)22)19(15)9-11/h5-9,12,14-15H,2-4,10-11H2,1H3;4-11H,1-3H3,(H2,20,25);4-9,11-12H,1-3H3;3-10H,1-2H3,(H2,19,24)(H,20,25);3-8,10-11H,1-2H3,(H,20,24);1-9,20H,10H2,(H,21,22)/b20-12+;15-9+;17-9+;14-8+;16-8+;6-4-. The molecule has 1 saturated heterocycles. The van der Waals surface area contributed by atoms with E-state index in [0.717, 1.165) is 83.3 Å². The quantitative estimate of drug-likeness (QED) is 0.0364. The molecule has 38 nitrogen and oxygen atoms in total. The monoisotopic (exact) mass is 2000 g/mol. The molecular weight excluding hydrogens is 1900 g/mol. The number of fused-ring (bicyclic) bond motifs is 6. The number of rotatable bonds is 21. The number of imidazole rings is 6. The van der Waals surface area contributed by atoms with Gasteiger partial charge in [-0.1, -0.05) is 42.5 Å². The van der Waals surface area contributed by atoms with Crippen LogP contribution < -0.4 is 22.1 Å². The van der Waals surface area contributed by atoms with Crippen LogP contribution in [0.25, 0.3) is 104 Å². The Morgan fingerprint density at radius 2 is 0.660 bits per heavy atom. The van der Waals surface area contributed by atoms with E-state index in [-0.39, 0.29) is 53.2 Å². The van der Waals surface area contributed by atoms with E-state index in [1.54, 1.807) is 180 Å². The van der Waals surface area contributed by atoms with Crippen LogP contribution >= 0.6 is 0 Å². The van der Waals surface area contributed by atoms with Crippen LogP contribution in [0.3, 0.4) is 0 Å². The van der Waals surface area contributed by atoms with Gasteiger partial charge in [-0.15, -0.1) is 0 Å². The van der Waals surface area contributed by atoms with E-state index in [4.69, 9.17) is 26.9 Å². The fraction of sp³-hybridized carbons (Fsp3) is 0.152. The number of nitrogens with two attached hydrogens (primary N) is 2. The minimum absolute atomic E-state index is 0.000907. The lowest BCUT2D eigenvalue weighted by molar-refractivity contribution is -0.126. The molecule has 7 amide bonds. The van der Waals surface area contributed by atoms with Gasteiger partial charge in [0.15, 0.2) is 5.69 Å². The van der Waals surface area contributed by atoms with E-state index >= 15 is 0 Å². The average Bonchev–Trinajstić information content (AvgIpc) is 1.68. The Bertz CT molecular complexity index is 8570. The van der Waals surface area contributed by atoms with Crippen molar-refractivity contribution in [1.82, 2.24) is 112 Å². The number of amides is 7. The lowest BCUT2D eigenvalue weighted by Crippen LogP contribution is -2.36. The zero-order chi connectivity index (χ0) is 107. The van der Waals surface area contributed by atoms with Gasteiger partial charge >= 0.3 is 5.97 Å². The molecule has 0 bridgehead atoms. The molecule has 19 heterocycles. The van der Waals surface area contributed by atoms with Gasteiger partial charge in [-0.05, 0) is 241 Å². The van der Waals surface area contributed by atoms with Crippen LogP contribution in [-0.4, -0.2) is 214 Å². The molecule has 0 unspecified atom stereocenters. The molecule has 0 aliphatic carbocycles. The lowest BCUT2D eigenvalue weighted by atomic mass is 10.0. The molecule has 1 fully saturated rings. The summed E-state index contributed by atoms with van der Waals surface area (Å²) in [6, 6.07) is 61.5. The minimum atomic E-state index is -1.02. The van der Waals surface area contributed by atoms with Crippen LogP contribution in [0, 0.1) is 68.6 Å². The number of aromatic carboxylic acids is 1. The number of aliphatic hydroxyl groups is 1. The Balaban J connectivity index is 0.000000142. The summed E-state index contributed by atoms with van der Waals surface area (Å²) in [5.41, 5.74) is 32.2. The third-order valence-corrected chi connectivity index (χ3v) is 23.2. The van der Waals surface area contributed by atoms with Gasteiger partial charge in [0.25, 0.3) is 41.4 Å². The average molecular weight is 2000 g/mol. The van der Waals surface area contributed by atoms with Gasteiger partial charge in [-0.3, -0.25) is 89.9 Å². The van der Waals surface area contributed by atoms with Crippen molar-refractivity contribution in [1.29, 1.82) is 15.8 Å². The molecule has 0 spiro atoms. The second-order valence-corrected chi connectivity index (χ2v) is 34.4. The van der Waals surface area contributed by atoms with Crippen LogP contribution in [0.15, 0.2) is 256 Å². The van der Waals surface area contributed by atoms with Gasteiger partial charge in [-0.2, -0.15) is 15.8 Å². The topological polar surface area (TPSA) is 515 Å². The molecule has 150 heavy (non-hydrogen) atoms. The second-order valence-electron chi connectivity index (χ2n) is 34.4. The molecule has 18 aromatic heterocycles. The predicted octanol–water partition coefficient (Wildman–Crippen LogP) is 13.5. The molecule has 1 aliphatic rings. The van der Waals surface area contributed by atoms with Gasteiger partial charge in [0.1, 0.15) is 80.6 Å². The summed E-state index contributed by atoms with van der Waals surface area (Å²) in [7, 11) is 9.92. The van der Waals surface area contributed by atoms with E-state index < -0.39 is 17.8 Å². The maximum Gasteiger partial charge on any atom is 0.354 e. The smallest absolute Gasteiger partial charge is 0.354 e. The Morgan fingerprint density at radius 3 is 0.993 bits per heavy atom. The molecule has 0 saturated carbocycles. The number of primary amides is 2. The molecule has 8 N–H and O–H groups in total. The zero-order valence-corrected chi connectivity index (χ0v) is 83.6. The van der Waals surface area contributed by atoms with Crippen molar-refractivity contribution in [2.45, 2.75) is 60.5 Å². The first-order valence-corrected chi connectivity index (χ1v) is 46.9. The van der Waals surface area contributed by atoms with E-state index in [2.05, 4.69) is 88.6 Å². The number of nitrogens with one attached hydrogen (secondary N) is 2. The fourth-order valence-corrected chi connectivity index (χ4v) is 15.8. The van der Waals surface area contributed by atoms with Crippen LogP contribution in [0.5, 0.6) is 0 Å². The van der Waals surface area contributed by atoms with E-state index in [0.29, 0.717) is 130 Å². The molecular formula is C112H102N28O10. The zero-order valence-electron chi connectivity index (χ0n) is 83.6. The third-order valence-electron chi connectivity index (χ3n) is 23.2. The Hall–Kier alpha value is -20.3. The van der Waals surface area contributed by atoms with E-state index in [1.807, 2.05) is 185 Å². The first-order chi connectivity index (χ1) is 72.3. The maximum absolute atomic E-state index is 13.4. The van der Waals surface area contributed by atoms with Crippen LogP contribution in [-0.2, 0) is 30.6 Å². The fourth-order valence-electron chi connectivity index (χ4n) is 15.8. The van der Waals surface area contributed by atoms with E-state index in [9.17, 15) is 48.9 Å². The molecule has 1 aliphatic heterocycles. The SMILES string of the molecule is CNC(=O)/C(=C/c1cccc(C)n1)c1ccc2ncc(C#N)n2c1.CNC(=O)/C(=C/c1cccc(C)n1)c1ccc2ncc(C(N)=O)n2c1.Cc1cccc(/C=C(/C(=O)N(C)C)c2ccc3ncc(C#N)n3c2)n1.Cc1cccc(/C=C(/C(=O)N(C)C)c2ccc3ncc(C(N)=O)n3c2)n1.Cc1cccc(/C=C(/C(=O)N2CCCCC2)c2ccc3ncc(C#N)n3c2)n1.O=C(O)c1cnc2ccc(/C=C\c3cccc(CO)n3)cn12. The third kappa shape index (κ3) is 26.0. The number of carbonyl (C=O) groups excluding carboxylic acids is 7. The maximum atomic E-state index is 13.4. The number of likely N-dealkylation sites (N-methyl/N-ethyl adjacent to an activating group) is 4. The number of piperidine rings is 1. The largest absolute Gasteiger partial charge is 0.477 e. The number of pyridine rings is 12. The molecule has 0 radical (unpaired) electrons. The van der Waals surface area contributed by atoms with E-state index in [1.165, 1.54) is 51.4 Å². The van der Waals surface area contributed by atoms with Gasteiger partial charge in [-0.25, -0.2) is 34.7 Å². The summed E-state index contributed by atoms with van der Waals surface area (Å²) in [5, 5.41) is 51.1. The van der Waals surface area contributed by atoms with Crippen molar-refractivity contribution in [3.63, 3.8) is 0 Å². The number of likely N-dealkylation sites (tertiary alicyclic amines) is 1. The summed E-state index contributed by atoms with van der Waals surface area (Å²) < 4.78 is 9.73. The number of carboxylic acids is 1. The Labute approximate surface area is 860 Å². The van der Waals surface area contributed by atoms with Crippen molar-refractivity contribution in [3.05, 3.63) is 392 Å². The number of hydrogen-bond acceptors (Lipinski definition) is 24. The first kappa shape index (κ1) is 105. The second kappa shape index (κ2) is 48.6. The molecule has 750 valence electrons. The predicted molar refractivity (Wildman–Crippen MR) is 569 cm³/mol. The number of nitrogens with zero attached hydrogens (tertiary/aromatic N) is 24. The van der Waals surface area contributed by atoms with Crippen molar-refractivity contribution in [3.8, 4) is 18.2 Å². The Kier molecular flexibility index (Phi) is 34.2. The number of nitriles is 3. The number of aliphatic hydroxyl groups excluding tert-OH is 1. The van der Waals surface area contributed by atoms with Crippen molar-refractivity contribution < 1.29 is 48.6 Å². The molecule has 19 rings (SSSR count). The normalized spacial score (nSPS) is 12.1. The van der Waals surface area contributed by atoms with Crippen molar-refractivity contribution >= 4 is 152 Å². The highest BCUT2D eigenvalue weighted by molar-refractivity contribution is 6.27. The highest BCUT2D eigenvalue weighted by Gasteiger charge is 2.26. The number of aryl methyl sites for hydroxylation is 5. The molecule has 0 atom stereocenters. The lowest BCUT2D eigenvalue weighted by Gasteiger charge is -2.27. The number of carboxylic acid groups (broad SMARTS) is 1. The van der Waals surface area contributed by atoms with Crippen LogP contribution in [0.1, 0.15) is 170 Å². The van der Waals surface area contributed by atoms with Crippen LogP contribution in [0.2, 0.25) is 0 Å². The number of carbonyl (C=O) groups is 8. The highest BCUT2D eigenvalue weighted by Crippen LogP contribution is 2.30. The molecule has 18 aromatic rings. The van der Waals surface area contributed by atoms with Crippen molar-refractivity contribution in [2.24, 2.45) is 11.5 Å². The van der Waals surface area contributed by atoms with Gasteiger partial charge < -0.3 is 47.0 Å². The summed E-state index contributed by atoms with van der Waals surface area (Å²) >= 11 is 0. The molecule has 38 heteroatoms. The summed E-state index contributed by atoms with van der Waals surface area (Å²) in [4.78, 5) is 154.